The SMILES string of the molecule is COc1ccc(OC)c(NC(=O)N2CCN(Cc3ccc(F)cc3)CC2)c1. The molecule has 0 aromatic heterocycles. The van der Waals surface area contributed by atoms with Crippen LogP contribution in [-0.2, 0) is 6.54 Å². The van der Waals surface area contributed by atoms with Gasteiger partial charge in [-0.2, -0.15) is 0 Å². The molecular weight excluding hydrogens is 349 g/mol. The van der Waals surface area contributed by atoms with Gasteiger partial charge in [-0.05, 0) is 29.8 Å². The Morgan fingerprint density at radius 1 is 1.04 bits per heavy atom. The molecule has 0 unspecified atom stereocenters. The number of methoxy groups -OCH3 is 2. The number of halogens is 1. The van der Waals surface area contributed by atoms with Crippen molar-refractivity contribution in [3.8, 4) is 11.5 Å². The van der Waals surface area contributed by atoms with Gasteiger partial charge in [0.1, 0.15) is 17.3 Å². The Morgan fingerprint density at radius 2 is 1.74 bits per heavy atom. The van der Waals surface area contributed by atoms with Crippen LogP contribution in [0.3, 0.4) is 0 Å². The van der Waals surface area contributed by atoms with Gasteiger partial charge >= 0.3 is 6.03 Å². The van der Waals surface area contributed by atoms with E-state index < -0.39 is 0 Å². The van der Waals surface area contributed by atoms with Crippen LogP contribution in [0, 0.1) is 5.82 Å². The fraction of sp³-hybridized carbons (Fsp3) is 0.350. The normalized spacial score (nSPS) is 14.7. The third-order valence-corrected chi connectivity index (χ3v) is 4.63. The largest absolute Gasteiger partial charge is 0.497 e. The number of hydrogen-bond donors (Lipinski definition) is 1. The minimum atomic E-state index is -0.229. The monoisotopic (exact) mass is 373 g/mol. The number of anilines is 1. The second-order valence-corrected chi connectivity index (χ2v) is 6.39. The molecule has 144 valence electrons. The first-order valence-electron chi connectivity index (χ1n) is 8.84. The Labute approximate surface area is 158 Å². The molecule has 27 heavy (non-hydrogen) atoms. The molecule has 0 saturated carbocycles. The summed E-state index contributed by atoms with van der Waals surface area (Å²) in [4.78, 5) is 16.6. The van der Waals surface area contributed by atoms with Gasteiger partial charge in [0.2, 0.25) is 0 Å². The van der Waals surface area contributed by atoms with Crippen LogP contribution in [0.2, 0.25) is 0 Å². The van der Waals surface area contributed by atoms with E-state index in [2.05, 4.69) is 10.2 Å². The van der Waals surface area contributed by atoms with Crippen LogP contribution >= 0.6 is 0 Å². The second-order valence-electron chi connectivity index (χ2n) is 6.39. The zero-order chi connectivity index (χ0) is 19.2. The van der Waals surface area contributed by atoms with E-state index in [9.17, 15) is 9.18 Å². The number of urea groups is 1. The number of hydrogen-bond acceptors (Lipinski definition) is 4. The number of benzene rings is 2. The molecule has 0 spiro atoms. The van der Waals surface area contributed by atoms with Crippen molar-refractivity contribution in [2.75, 3.05) is 45.7 Å². The smallest absolute Gasteiger partial charge is 0.322 e. The molecule has 1 N–H and O–H groups in total. The van der Waals surface area contributed by atoms with Gasteiger partial charge in [0.25, 0.3) is 0 Å². The molecule has 2 aromatic carbocycles. The minimum absolute atomic E-state index is 0.164. The summed E-state index contributed by atoms with van der Waals surface area (Å²) in [5, 5.41) is 2.90. The average molecular weight is 373 g/mol. The third kappa shape index (κ3) is 4.89. The molecule has 0 aliphatic carbocycles. The Hall–Kier alpha value is -2.80. The van der Waals surface area contributed by atoms with Gasteiger partial charge in [0.05, 0.1) is 19.9 Å². The number of ether oxygens (including phenoxy) is 2. The molecule has 0 bridgehead atoms. The number of carbonyl (C=O) groups excluding carboxylic acids is 1. The number of piperazine rings is 1. The Morgan fingerprint density at radius 3 is 2.37 bits per heavy atom. The average Bonchev–Trinajstić information content (AvgIpc) is 2.70. The highest BCUT2D eigenvalue weighted by molar-refractivity contribution is 5.91. The van der Waals surface area contributed by atoms with Gasteiger partial charge in [0.15, 0.2) is 0 Å². The van der Waals surface area contributed by atoms with Gasteiger partial charge in [-0.1, -0.05) is 12.1 Å². The van der Waals surface area contributed by atoms with Gasteiger partial charge in [-0.15, -0.1) is 0 Å². The highest BCUT2D eigenvalue weighted by Crippen LogP contribution is 2.29. The zero-order valence-electron chi connectivity index (χ0n) is 15.6. The van der Waals surface area contributed by atoms with Crippen molar-refractivity contribution in [3.63, 3.8) is 0 Å². The lowest BCUT2D eigenvalue weighted by Crippen LogP contribution is -2.49. The molecule has 1 aliphatic rings. The summed E-state index contributed by atoms with van der Waals surface area (Å²) in [5.41, 5.74) is 1.64. The van der Waals surface area contributed by atoms with Crippen molar-refractivity contribution < 1.29 is 18.7 Å². The van der Waals surface area contributed by atoms with Crippen molar-refractivity contribution >= 4 is 11.7 Å². The number of nitrogens with zero attached hydrogens (tertiary/aromatic N) is 2. The Balaban J connectivity index is 1.55. The van der Waals surface area contributed by atoms with E-state index in [1.165, 1.54) is 12.1 Å². The number of nitrogens with one attached hydrogen (secondary N) is 1. The van der Waals surface area contributed by atoms with Gasteiger partial charge in [0, 0.05) is 38.8 Å². The lowest BCUT2D eigenvalue weighted by Gasteiger charge is -2.34. The number of amides is 2. The van der Waals surface area contributed by atoms with E-state index in [0.29, 0.717) is 30.3 Å². The van der Waals surface area contributed by atoms with Crippen molar-refractivity contribution in [1.29, 1.82) is 0 Å². The molecule has 1 aliphatic heterocycles. The highest BCUT2D eigenvalue weighted by Gasteiger charge is 2.22. The first-order valence-corrected chi connectivity index (χ1v) is 8.84. The molecule has 0 atom stereocenters. The molecule has 2 amide bonds. The first-order chi connectivity index (χ1) is 13.1. The van der Waals surface area contributed by atoms with Crippen LogP contribution in [-0.4, -0.2) is 56.2 Å². The summed E-state index contributed by atoms with van der Waals surface area (Å²) < 4.78 is 23.5. The Kier molecular flexibility index (Phi) is 6.13. The summed E-state index contributed by atoms with van der Waals surface area (Å²) in [6.45, 7) is 3.53. The van der Waals surface area contributed by atoms with Gasteiger partial charge in [-0.3, -0.25) is 4.90 Å². The summed E-state index contributed by atoms with van der Waals surface area (Å²) in [6, 6.07) is 11.6. The highest BCUT2D eigenvalue weighted by atomic mass is 19.1. The summed E-state index contributed by atoms with van der Waals surface area (Å²) in [5.74, 6) is 1.00. The molecule has 6 nitrogen and oxygen atoms in total. The predicted molar refractivity (Wildman–Crippen MR) is 102 cm³/mol. The fourth-order valence-corrected chi connectivity index (χ4v) is 3.06. The van der Waals surface area contributed by atoms with Crippen LogP contribution < -0.4 is 14.8 Å². The molecule has 1 fully saturated rings. The molecular formula is C20H24FN3O3. The van der Waals surface area contributed by atoms with Crippen LogP contribution in [0.1, 0.15) is 5.56 Å². The van der Waals surface area contributed by atoms with E-state index >= 15 is 0 Å². The maximum Gasteiger partial charge on any atom is 0.322 e. The minimum Gasteiger partial charge on any atom is -0.497 e. The van der Waals surface area contributed by atoms with Crippen molar-refractivity contribution in [1.82, 2.24) is 9.80 Å². The van der Waals surface area contributed by atoms with E-state index in [0.717, 1.165) is 25.2 Å². The molecule has 1 saturated heterocycles. The van der Waals surface area contributed by atoms with Crippen molar-refractivity contribution in [2.24, 2.45) is 0 Å². The molecule has 7 heteroatoms. The standard InChI is InChI=1S/C20H24FN3O3/c1-26-17-7-8-19(27-2)18(13-17)22-20(25)24-11-9-23(10-12-24)14-15-3-5-16(21)6-4-15/h3-8,13H,9-12,14H2,1-2H3,(H,22,25). The predicted octanol–water partition coefficient (Wildman–Crippen LogP) is 3.19. The zero-order valence-corrected chi connectivity index (χ0v) is 15.6. The molecule has 3 rings (SSSR count). The van der Waals surface area contributed by atoms with Crippen LogP contribution in [0.25, 0.3) is 0 Å². The maximum absolute atomic E-state index is 13.0. The third-order valence-electron chi connectivity index (χ3n) is 4.63. The van der Waals surface area contributed by atoms with Gasteiger partial charge < -0.3 is 19.7 Å². The number of carbonyl (C=O) groups is 1. The fourth-order valence-electron chi connectivity index (χ4n) is 3.06. The topological polar surface area (TPSA) is 54.0 Å². The lowest BCUT2D eigenvalue weighted by molar-refractivity contribution is 0.143. The van der Waals surface area contributed by atoms with Crippen LogP contribution in [0.5, 0.6) is 11.5 Å². The number of rotatable bonds is 5. The van der Waals surface area contributed by atoms with Crippen LogP contribution in [0.4, 0.5) is 14.9 Å². The quantitative estimate of drug-likeness (QED) is 0.875. The molecule has 2 aromatic rings. The second kappa shape index (κ2) is 8.73. The maximum atomic E-state index is 13.0. The summed E-state index contributed by atoms with van der Waals surface area (Å²) >= 11 is 0. The lowest BCUT2D eigenvalue weighted by atomic mass is 10.2. The van der Waals surface area contributed by atoms with Crippen molar-refractivity contribution in [2.45, 2.75) is 6.54 Å². The van der Waals surface area contributed by atoms with E-state index in [4.69, 9.17) is 9.47 Å². The van der Waals surface area contributed by atoms with E-state index in [-0.39, 0.29) is 11.8 Å². The molecule has 1 heterocycles. The van der Waals surface area contributed by atoms with E-state index in [1.54, 1.807) is 49.5 Å². The van der Waals surface area contributed by atoms with Crippen molar-refractivity contribution in [3.05, 3.63) is 53.8 Å². The molecule has 0 radical (unpaired) electrons. The Bertz CT molecular complexity index is 775. The van der Waals surface area contributed by atoms with Crippen LogP contribution in [0.15, 0.2) is 42.5 Å². The van der Waals surface area contributed by atoms with Gasteiger partial charge in [-0.25, -0.2) is 9.18 Å². The first kappa shape index (κ1) is 19.0. The summed E-state index contributed by atoms with van der Waals surface area (Å²) in [7, 11) is 3.14. The van der Waals surface area contributed by atoms with E-state index in [1.807, 2.05) is 0 Å². The summed E-state index contributed by atoms with van der Waals surface area (Å²) in [6.07, 6.45) is 0.